The minimum atomic E-state index is -0.398. The lowest BCUT2D eigenvalue weighted by atomic mass is 9.87. The first-order chi connectivity index (χ1) is 8.56. The normalized spacial score (nSPS) is 26.3. The Labute approximate surface area is 108 Å². The Hall–Kier alpha value is -1.50. The molecule has 0 aromatic heterocycles. The number of ether oxygens (including phenoxy) is 3. The predicted octanol–water partition coefficient (Wildman–Crippen LogP) is 2.77. The van der Waals surface area contributed by atoms with Crippen LogP contribution < -0.4 is 4.74 Å². The van der Waals surface area contributed by atoms with Crippen molar-refractivity contribution in [2.75, 3.05) is 13.7 Å². The average Bonchev–Trinajstić information content (AvgIpc) is 2.39. The maximum Gasteiger partial charge on any atom is 0.185 e. The summed E-state index contributed by atoms with van der Waals surface area (Å²) in [5.74, 6) is 3.50. The maximum absolute atomic E-state index is 5.81. The zero-order chi connectivity index (χ0) is 13.2. The van der Waals surface area contributed by atoms with E-state index in [1.54, 1.807) is 7.11 Å². The minimum absolute atomic E-state index is 0.155. The molecule has 2 atom stereocenters. The van der Waals surface area contributed by atoms with E-state index in [0.29, 0.717) is 6.61 Å². The Morgan fingerprint density at radius 1 is 1.33 bits per heavy atom. The minimum Gasteiger partial charge on any atom is -0.497 e. The predicted molar refractivity (Wildman–Crippen MR) is 69.2 cm³/mol. The van der Waals surface area contributed by atoms with Crippen molar-refractivity contribution in [2.45, 2.75) is 26.2 Å². The molecule has 1 saturated heterocycles. The Bertz CT molecular complexity index is 442. The van der Waals surface area contributed by atoms with Gasteiger partial charge in [0.15, 0.2) is 6.29 Å². The zero-order valence-corrected chi connectivity index (χ0v) is 11.0. The van der Waals surface area contributed by atoms with Crippen LogP contribution in [0.1, 0.15) is 25.7 Å². The van der Waals surface area contributed by atoms with E-state index >= 15 is 0 Å². The van der Waals surface area contributed by atoms with Crippen LogP contribution in [0.25, 0.3) is 0 Å². The van der Waals surface area contributed by atoms with Crippen LogP contribution in [-0.2, 0) is 9.47 Å². The third-order valence-electron chi connectivity index (χ3n) is 3.12. The Balaban J connectivity index is 2.13. The van der Waals surface area contributed by atoms with E-state index in [1.165, 1.54) is 0 Å². The number of terminal acetylenes is 1. The van der Waals surface area contributed by atoms with Gasteiger partial charge >= 0.3 is 0 Å². The van der Waals surface area contributed by atoms with Crippen molar-refractivity contribution in [1.29, 1.82) is 0 Å². The SMILES string of the molecule is C#CC1OC(c2ccc(OC)cc2)OCC1(C)C. The lowest BCUT2D eigenvalue weighted by Crippen LogP contribution is -2.41. The van der Waals surface area contributed by atoms with Crippen molar-refractivity contribution in [3.8, 4) is 18.1 Å². The van der Waals surface area contributed by atoms with Gasteiger partial charge in [-0.3, -0.25) is 0 Å². The zero-order valence-electron chi connectivity index (χ0n) is 11.0. The van der Waals surface area contributed by atoms with Gasteiger partial charge in [-0.1, -0.05) is 31.9 Å². The molecule has 3 nitrogen and oxygen atoms in total. The van der Waals surface area contributed by atoms with Gasteiger partial charge in [-0.15, -0.1) is 6.42 Å². The second-order valence-corrected chi connectivity index (χ2v) is 5.09. The first-order valence-corrected chi connectivity index (χ1v) is 5.94. The fourth-order valence-corrected chi connectivity index (χ4v) is 1.91. The molecule has 2 unspecified atom stereocenters. The highest BCUT2D eigenvalue weighted by Crippen LogP contribution is 2.36. The van der Waals surface area contributed by atoms with Crippen LogP contribution in [0.2, 0.25) is 0 Å². The summed E-state index contributed by atoms with van der Waals surface area (Å²) < 4.78 is 16.7. The first kappa shape index (κ1) is 12.9. The van der Waals surface area contributed by atoms with Gasteiger partial charge in [-0.2, -0.15) is 0 Å². The van der Waals surface area contributed by atoms with Gasteiger partial charge in [0.2, 0.25) is 0 Å². The molecule has 1 fully saturated rings. The van der Waals surface area contributed by atoms with E-state index in [4.69, 9.17) is 20.6 Å². The molecule has 18 heavy (non-hydrogen) atoms. The summed E-state index contributed by atoms with van der Waals surface area (Å²) in [6, 6.07) is 7.62. The molecule has 1 aromatic rings. The molecule has 0 aliphatic carbocycles. The summed E-state index contributed by atoms with van der Waals surface area (Å²) in [4.78, 5) is 0. The van der Waals surface area contributed by atoms with Crippen LogP contribution in [-0.4, -0.2) is 19.8 Å². The van der Waals surface area contributed by atoms with Gasteiger partial charge in [-0.25, -0.2) is 0 Å². The van der Waals surface area contributed by atoms with Crippen LogP contribution in [0.3, 0.4) is 0 Å². The van der Waals surface area contributed by atoms with Gasteiger partial charge in [0.25, 0.3) is 0 Å². The van der Waals surface area contributed by atoms with Crippen molar-refractivity contribution >= 4 is 0 Å². The lowest BCUT2D eigenvalue weighted by Gasteiger charge is -2.39. The molecule has 0 radical (unpaired) electrons. The Morgan fingerprint density at radius 3 is 2.56 bits per heavy atom. The maximum atomic E-state index is 5.81. The van der Waals surface area contributed by atoms with Crippen LogP contribution in [0, 0.1) is 17.8 Å². The molecule has 0 N–H and O–H groups in total. The number of benzene rings is 1. The number of hydrogen-bond acceptors (Lipinski definition) is 3. The highest BCUT2D eigenvalue weighted by molar-refractivity contribution is 5.28. The van der Waals surface area contributed by atoms with Gasteiger partial charge in [-0.05, 0) is 12.1 Å². The molecule has 0 amide bonds. The van der Waals surface area contributed by atoms with Crippen LogP contribution in [0.4, 0.5) is 0 Å². The quantitative estimate of drug-likeness (QED) is 0.751. The Morgan fingerprint density at radius 2 is 2.00 bits per heavy atom. The van der Waals surface area contributed by atoms with Crippen LogP contribution >= 0.6 is 0 Å². The molecule has 0 spiro atoms. The third-order valence-corrected chi connectivity index (χ3v) is 3.12. The second-order valence-electron chi connectivity index (χ2n) is 5.09. The fourth-order valence-electron chi connectivity index (χ4n) is 1.91. The monoisotopic (exact) mass is 246 g/mol. The highest BCUT2D eigenvalue weighted by Gasteiger charge is 2.37. The van der Waals surface area contributed by atoms with E-state index in [1.807, 2.05) is 38.1 Å². The third kappa shape index (κ3) is 2.50. The van der Waals surface area contributed by atoms with E-state index in [2.05, 4.69) is 5.92 Å². The van der Waals surface area contributed by atoms with Crippen molar-refractivity contribution in [3.63, 3.8) is 0 Å². The summed E-state index contributed by atoms with van der Waals surface area (Å²) in [6.45, 7) is 4.67. The topological polar surface area (TPSA) is 27.7 Å². The molecule has 3 heteroatoms. The molecular weight excluding hydrogens is 228 g/mol. The standard InChI is InChI=1S/C15H18O3/c1-5-13-15(2,3)10-17-14(18-13)11-6-8-12(16-4)9-7-11/h1,6-9,13-14H,10H2,2-4H3. The molecule has 1 aliphatic rings. The van der Waals surface area contributed by atoms with E-state index < -0.39 is 6.29 Å². The first-order valence-electron chi connectivity index (χ1n) is 5.94. The summed E-state index contributed by atoms with van der Waals surface area (Å²) in [5.41, 5.74) is 0.795. The molecular formula is C15H18O3. The number of methoxy groups -OCH3 is 1. The number of hydrogen-bond donors (Lipinski definition) is 0. The van der Waals surface area contributed by atoms with Crippen molar-refractivity contribution in [1.82, 2.24) is 0 Å². The smallest absolute Gasteiger partial charge is 0.185 e. The van der Waals surface area contributed by atoms with Gasteiger partial charge in [0, 0.05) is 11.0 Å². The van der Waals surface area contributed by atoms with E-state index in [9.17, 15) is 0 Å². The van der Waals surface area contributed by atoms with Gasteiger partial charge in [0.1, 0.15) is 11.9 Å². The van der Waals surface area contributed by atoms with E-state index in [-0.39, 0.29) is 11.5 Å². The molecule has 2 rings (SSSR count). The van der Waals surface area contributed by atoms with Crippen molar-refractivity contribution < 1.29 is 14.2 Å². The van der Waals surface area contributed by atoms with Crippen molar-refractivity contribution in [2.24, 2.45) is 5.41 Å². The van der Waals surface area contributed by atoms with Crippen LogP contribution in [0.15, 0.2) is 24.3 Å². The summed E-state index contributed by atoms with van der Waals surface area (Å²) in [6.07, 6.45) is 4.88. The lowest BCUT2D eigenvalue weighted by molar-refractivity contribution is -0.248. The second kappa shape index (κ2) is 5.01. The summed E-state index contributed by atoms with van der Waals surface area (Å²) in [7, 11) is 1.64. The largest absolute Gasteiger partial charge is 0.497 e. The Kier molecular flexibility index (Phi) is 3.60. The molecule has 96 valence electrons. The average molecular weight is 246 g/mol. The van der Waals surface area contributed by atoms with Gasteiger partial charge < -0.3 is 14.2 Å². The highest BCUT2D eigenvalue weighted by atomic mass is 16.7. The summed E-state index contributed by atoms with van der Waals surface area (Å²) >= 11 is 0. The molecule has 1 aromatic carbocycles. The number of rotatable bonds is 2. The molecule has 0 bridgehead atoms. The van der Waals surface area contributed by atoms with E-state index in [0.717, 1.165) is 11.3 Å². The molecule has 1 aliphatic heterocycles. The van der Waals surface area contributed by atoms with Crippen molar-refractivity contribution in [3.05, 3.63) is 29.8 Å². The molecule has 0 saturated carbocycles. The summed E-state index contributed by atoms with van der Waals surface area (Å²) in [5, 5.41) is 0. The van der Waals surface area contributed by atoms with Crippen LogP contribution in [0.5, 0.6) is 5.75 Å². The molecule has 1 heterocycles. The fraction of sp³-hybridized carbons (Fsp3) is 0.467. The van der Waals surface area contributed by atoms with Gasteiger partial charge in [0.05, 0.1) is 13.7 Å².